The number of hydrogen-bond donors (Lipinski definition) is 2. The van der Waals surface area contributed by atoms with Gasteiger partial charge in [-0.2, -0.15) is 0 Å². The lowest BCUT2D eigenvalue weighted by molar-refractivity contribution is 0.747. The van der Waals surface area contributed by atoms with Gasteiger partial charge in [0.1, 0.15) is 27.6 Å². The second-order valence-corrected chi connectivity index (χ2v) is 5.87. The van der Waals surface area contributed by atoms with Crippen LogP contribution in [0.25, 0.3) is 0 Å². The number of nitrogen functional groups attached to an aromatic ring is 2. The van der Waals surface area contributed by atoms with Crippen molar-refractivity contribution in [2.75, 3.05) is 11.5 Å². The lowest BCUT2D eigenvalue weighted by Crippen LogP contribution is -2.03. The summed E-state index contributed by atoms with van der Waals surface area (Å²) < 4.78 is 0. The molecule has 0 saturated carbocycles. The van der Waals surface area contributed by atoms with Gasteiger partial charge in [-0.15, -0.1) is 0 Å². The van der Waals surface area contributed by atoms with E-state index in [9.17, 15) is 0 Å². The average Bonchev–Trinajstić information content (AvgIpc) is 2.33. The van der Waals surface area contributed by atoms with Crippen LogP contribution in [0.3, 0.4) is 0 Å². The Hall–Kier alpha value is -1.60. The molecule has 0 spiro atoms. The lowest BCUT2D eigenvalue weighted by atomic mass is 10.2. The van der Waals surface area contributed by atoms with Crippen LogP contribution in [0.4, 0.5) is 11.6 Å². The van der Waals surface area contributed by atoms with Crippen LogP contribution in [0, 0.1) is 6.92 Å². The fourth-order valence-corrected chi connectivity index (χ4v) is 2.53. The van der Waals surface area contributed by atoms with Gasteiger partial charge in [-0.25, -0.2) is 19.9 Å². The highest BCUT2D eigenvalue weighted by Crippen LogP contribution is 2.31. The normalized spacial score (nSPS) is 11.1. The van der Waals surface area contributed by atoms with Gasteiger partial charge < -0.3 is 11.5 Å². The molecule has 0 aliphatic carbocycles. The highest BCUT2D eigenvalue weighted by molar-refractivity contribution is 7.99. The maximum atomic E-state index is 6.14. The molecule has 2 aromatic rings. The zero-order valence-electron chi connectivity index (χ0n) is 11.4. The van der Waals surface area contributed by atoms with Crippen LogP contribution >= 0.6 is 23.4 Å². The van der Waals surface area contributed by atoms with Crippen molar-refractivity contribution in [2.24, 2.45) is 0 Å². The Labute approximate surface area is 126 Å². The molecule has 0 amide bonds. The topological polar surface area (TPSA) is 104 Å². The molecular weight excluding hydrogens is 296 g/mol. The van der Waals surface area contributed by atoms with E-state index in [4.69, 9.17) is 23.1 Å². The summed E-state index contributed by atoms with van der Waals surface area (Å²) in [5.74, 6) is 1.50. The Kier molecular flexibility index (Phi) is 4.29. The van der Waals surface area contributed by atoms with Gasteiger partial charge in [0.05, 0.1) is 0 Å². The quantitative estimate of drug-likeness (QED) is 0.663. The summed E-state index contributed by atoms with van der Waals surface area (Å²) in [4.78, 5) is 17.0. The molecule has 4 N–H and O–H groups in total. The molecular formula is C12H15ClN6S. The van der Waals surface area contributed by atoms with Gasteiger partial charge in [0.15, 0.2) is 5.16 Å². The van der Waals surface area contributed by atoms with E-state index in [2.05, 4.69) is 19.9 Å². The van der Waals surface area contributed by atoms with Gasteiger partial charge in [0, 0.05) is 17.5 Å². The average molecular weight is 311 g/mol. The van der Waals surface area contributed by atoms with Gasteiger partial charge in [-0.05, 0) is 18.7 Å². The fourth-order valence-electron chi connectivity index (χ4n) is 1.44. The summed E-state index contributed by atoms with van der Waals surface area (Å²) in [7, 11) is 0. The van der Waals surface area contributed by atoms with Crippen molar-refractivity contribution in [2.45, 2.75) is 36.9 Å². The van der Waals surface area contributed by atoms with Gasteiger partial charge >= 0.3 is 0 Å². The van der Waals surface area contributed by atoms with E-state index in [1.165, 1.54) is 17.8 Å². The van der Waals surface area contributed by atoms with Crippen LogP contribution in [0.5, 0.6) is 0 Å². The number of nitrogens with zero attached hydrogens (tertiary/aromatic N) is 4. The Balaban J connectivity index is 2.42. The predicted octanol–water partition coefficient (Wildman–Crippen LogP) is 2.67. The highest BCUT2D eigenvalue weighted by atomic mass is 35.5. The third-order valence-corrected chi connectivity index (χ3v) is 3.83. The van der Waals surface area contributed by atoms with Crippen LogP contribution < -0.4 is 11.5 Å². The van der Waals surface area contributed by atoms with Gasteiger partial charge in [0.2, 0.25) is 0 Å². The monoisotopic (exact) mass is 310 g/mol. The molecule has 0 aromatic carbocycles. The van der Waals surface area contributed by atoms with Crippen molar-refractivity contribution in [1.82, 2.24) is 19.9 Å². The second-order valence-electron chi connectivity index (χ2n) is 4.56. The van der Waals surface area contributed by atoms with Gasteiger partial charge in [0.25, 0.3) is 0 Å². The predicted molar refractivity (Wildman–Crippen MR) is 80.8 cm³/mol. The molecule has 0 aliphatic heterocycles. The van der Waals surface area contributed by atoms with E-state index in [1.54, 1.807) is 0 Å². The Morgan fingerprint density at radius 2 is 1.70 bits per heavy atom. The number of aromatic nitrogens is 4. The molecule has 20 heavy (non-hydrogen) atoms. The number of nitrogens with two attached hydrogens (primary N) is 2. The Morgan fingerprint density at radius 1 is 1.10 bits per heavy atom. The first kappa shape index (κ1) is 14.8. The highest BCUT2D eigenvalue weighted by Gasteiger charge is 2.14. The van der Waals surface area contributed by atoms with Crippen molar-refractivity contribution in [3.63, 3.8) is 0 Å². The standard InChI is InChI=1S/C12H15ClN6S/c1-5(2)10-18-9(13)6(3)11(19-10)20-12-16-7(14)4-8(15)17-12/h4-5H,1-3H3,(H4,14,15,16,17). The van der Waals surface area contributed by atoms with E-state index in [-0.39, 0.29) is 5.92 Å². The maximum Gasteiger partial charge on any atom is 0.197 e. The number of rotatable bonds is 3. The smallest absolute Gasteiger partial charge is 0.197 e. The molecule has 0 saturated heterocycles. The third kappa shape index (κ3) is 3.29. The van der Waals surface area contributed by atoms with Crippen LogP contribution in [0.1, 0.15) is 31.2 Å². The molecule has 8 heteroatoms. The van der Waals surface area contributed by atoms with Crippen molar-refractivity contribution >= 4 is 35.0 Å². The van der Waals surface area contributed by atoms with E-state index in [0.29, 0.717) is 32.8 Å². The van der Waals surface area contributed by atoms with Crippen LogP contribution in [0.2, 0.25) is 5.15 Å². The Morgan fingerprint density at radius 3 is 2.25 bits per heavy atom. The molecule has 2 aromatic heterocycles. The molecule has 0 aliphatic rings. The minimum Gasteiger partial charge on any atom is -0.383 e. The fraction of sp³-hybridized carbons (Fsp3) is 0.333. The lowest BCUT2D eigenvalue weighted by Gasteiger charge is -2.10. The first-order valence-electron chi connectivity index (χ1n) is 5.98. The largest absolute Gasteiger partial charge is 0.383 e. The summed E-state index contributed by atoms with van der Waals surface area (Å²) in [5.41, 5.74) is 12.1. The van der Waals surface area contributed by atoms with Crippen LogP contribution in [-0.2, 0) is 0 Å². The first-order chi connectivity index (χ1) is 9.36. The number of hydrogen-bond acceptors (Lipinski definition) is 7. The molecule has 106 valence electrons. The van der Waals surface area contributed by atoms with Crippen molar-refractivity contribution < 1.29 is 0 Å². The minimum atomic E-state index is 0.180. The summed E-state index contributed by atoms with van der Waals surface area (Å²) >= 11 is 7.41. The molecule has 0 radical (unpaired) electrons. The molecule has 0 fully saturated rings. The summed E-state index contributed by atoms with van der Waals surface area (Å²) in [6, 6.07) is 1.50. The molecule has 0 bridgehead atoms. The molecule has 2 heterocycles. The number of anilines is 2. The third-order valence-electron chi connectivity index (χ3n) is 2.51. The zero-order chi connectivity index (χ0) is 14.9. The molecule has 0 atom stereocenters. The van der Waals surface area contributed by atoms with E-state index >= 15 is 0 Å². The summed E-state index contributed by atoms with van der Waals surface area (Å²) in [5, 5.41) is 1.58. The van der Waals surface area contributed by atoms with E-state index in [0.717, 1.165) is 5.56 Å². The minimum absolute atomic E-state index is 0.180. The van der Waals surface area contributed by atoms with Crippen molar-refractivity contribution in [3.8, 4) is 0 Å². The van der Waals surface area contributed by atoms with E-state index < -0.39 is 0 Å². The van der Waals surface area contributed by atoms with Gasteiger partial charge in [-0.3, -0.25) is 0 Å². The summed E-state index contributed by atoms with van der Waals surface area (Å²) in [6.45, 7) is 5.86. The Bertz CT molecular complexity index is 626. The maximum absolute atomic E-state index is 6.14. The van der Waals surface area contributed by atoms with Gasteiger partial charge in [-0.1, -0.05) is 25.4 Å². The molecule has 6 nitrogen and oxygen atoms in total. The van der Waals surface area contributed by atoms with Crippen LogP contribution in [-0.4, -0.2) is 19.9 Å². The van der Waals surface area contributed by atoms with Crippen molar-refractivity contribution in [1.29, 1.82) is 0 Å². The van der Waals surface area contributed by atoms with E-state index in [1.807, 2.05) is 20.8 Å². The molecule has 0 unspecified atom stereocenters. The zero-order valence-corrected chi connectivity index (χ0v) is 13.0. The SMILES string of the molecule is Cc1c(Cl)nc(C(C)C)nc1Sc1nc(N)cc(N)n1. The van der Waals surface area contributed by atoms with Crippen LogP contribution in [0.15, 0.2) is 16.2 Å². The molecule has 2 rings (SSSR count). The van der Waals surface area contributed by atoms with Crippen molar-refractivity contribution in [3.05, 3.63) is 22.6 Å². The summed E-state index contributed by atoms with van der Waals surface area (Å²) in [6.07, 6.45) is 0. The number of halogens is 1. The second kappa shape index (κ2) is 5.80. The first-order valence-corrected chi connectivity index (χ1v) is 7.18.